The number of nitrogens with one attached hydrogen (secondary N) is 2. The summed E-state index contributed by atoms with van der Waals surface area (Å²) < 4.78 is 0. The molecule has 1 saturated carbocycles. The Balaban J connectivity index is 1.59. The highest BCUT2D eigenvalue weighted by molar-refractivity contribution is 6.00. The zero-order valence-electron chi connectivity index (χ0n) is 13.7. The van der Waals surface area contributed by atoms with E-state index >= 15 is 0 Å². The fourth-order valence-electron chi connectivity index (χ4n) is 3.02. The number of benzene rings is 1. The number of anilines is 1. The minimum atomic E-state index is -0.0605. The number of carbonyl (C=O) groups is 2. The Kier molecular flexibility index (Phi) is 4.84. The highest BCUT2D eigenvalue weighted by Gasteiger charge is 2.25. The number of hydrogen-bond donors (Lipinski definition) is 2. The molecule has 5 nitrogen and oxygen atoms in total. The van der Waals surface area contributed by atoms with E-state index in [-0.39, 0.29) is 18.4 Å². The molecule has 0 spiro atoms. The van der Waals surface area contributed by atoms with Gasteiger partial charge >= 0.3 is 0 Å². The number of rotatable bonds is 5. The van der Waals surface area contributed by atoms with Crippen LogP contribution in [0.3, 0.4) is 0 Å². The lowest BCUT2D eigenvalue weighted by Crippen LogP contribution is -2.42. The molecule has 1 atom stereocenters. The van der Waals surface area contributed by atoms with Crippen LogP contribution in [0.5, 0.6) is 0 Å². The van der Waals surface area contributed by atoms with Crippen LogP contribution in [-0.4, -0.2) is 42.4 Å². The second kappa shape index (κ2) is 7.02. The Morgan fingerprint density at radius 3 is 2.74 bits per heavy atom. The predicted molar refractivity (Wildman–Crippen MR) is 90.4 cm³/mol. The van der Waals surface area contributed by atoms with E-state index in [0.717, 1.165) is 38.0 Å². The summed E-state index contributed by atoms with van der Waals surface area (Å²) in [5.41, 5.74) is 1.34. The lowest BCUT2D eigenvalue weighted by Gasteiger charge is -2.31. The molecule has 1 aliphatic carbocycles. The minimum Gasteiger partial charge on any atom is -0.376 e. The normalized spacial score (nSPS) is 20.9. The van der Waals surface area contributed by atoms with Crippen LogP contribution < -0.4 is 10.6 Å². The van der Waals surface area contributed by atoms with Gasteiger partial charge in [-0.15, -0.1) is 0 Å². The summed E-state index contributed by atoms with van der Waals surface area (Å²) in [7, 11) is 0. The second-order valence-electron chi connectivity index (χ2n) is 6.73. The number of amides is 2. The van der Waals surface area contributed by atoms with Gasteiger partial charge in [-0.2, -0.15) is 0 Å². The molecule has 0 radical (unpaired) electrons. The molecule has 5 heteroatoms. The van der Waals surface area contributed by atoms with Crippen LogP contribution in [-0.2, 0) is 4.79 Å². The molecule has 0 bridgehead atoms. The van der Waals surface area contributed by atoms with Gasteiger partial charge < -0.3 is 15.5 Å². The average Bonchev–Trinajstić information content (AvgIpc) is 3.36. The van der Waals surface area contributed by atoms with Crippen molar-refractivity contribution in [2.45, 2.75) is 38.6 Å². The first-order valence-corrected chi connectivity index (χ1v) is 8.55. The van der Waals surface area contributed by atoms with Crippen LogP contribution in [0, 0.1) is 5.92 Å². The van der Waals surface area contributed by atoms with Gasteiger partial charge in [-0.25, -0.2) is 0 Å². The Labute approximate surface area is 137 Å². The third-order valence-electron chi connectivity index (χ3n) is 4.52. The molecule has 1 aromatic rings. The van der Waals surface area contributed by atoms with Crippen molar-refractivity contribution >= 4 is 17.5 Å². The Hall–Kier alpha value is -2.04. The van der Waals surface area contributed by atoms with E-state index in [2.05, 4.69) is 17.6 Å². The summed E-state index contributed by atoms with van der Waals surface area (Å²) in [5.74, 6) is 0.618. The molecular weight excluding hydrogens is 290 g/mol. The van der Waals surface area contributed by atoms with Gasteiger partial charge in [0, 0.05) is 24.8 Å². The summed E-state index contributed by atoms with van der Waals surface area (Å²) in [6, 6.07) is 7.71. The largest absolute Gasteiger partial charge is 0.376 e. The molecule has 1 unspecified atom stereocenters. The van der Waals surface area contributed by atoms with Crippen LogP contribution in [0.15, 0.2) is 24.3 Å². The maximum absolute atomic E-state index is 12.3. The van der Waals surface area contributed by atoms with Crippen molar-refractivity contribution in [3.05, 3.63) is 29.8 Å². The summed E-state index contributed by atoms with van der Waals surface area (Å²) in [5, 5.41) is 6.14. The smallest absolute Gasteiger partial charge is 0.253 e. The molecule has 124 valence electrons. The van der Waals surface area contributed by atoms with Crippen molar-refractivity contribution in [3.63, 3.8) is 0 Å². The minimum absolute atomic E-state index is 0.0605. The number of carbonyl (C=O) groups excluding carboxylic acids is 2. The van der Waals surface area contributed by atoms with Crippen molar-refractivity contribution < 1.29 is 9.59 Å². The molecule has 1 saturated heterocycles. The van der Waals surface area contributed by atoms with Gasteiger partial charge in [0.25, 0.3) is 5.91 Å². The van der Waals surface area contributed by atoms with Crippen molar-refractivity contribution in [1.29, 1.82) is 0 Å². The number of hydrogen-bond acceptors (Lipinski definition) is 3. The van der Waals surface area contributed by atoms with Crippen LogP contribution in [0.4, 0.5) is 5.69 Å². The standard InChI is InChI=1S/C18H25N3O2/c1-13-5-4-10-21(12-13)17(22)11-19-16-7-3-2-6-15(16)18(23)20-14-8-9-14/h2-3,6-7,13-14,19H,4-5,8-12H2,1H3,(H,20,23). The zero-order chi connectivity index (χ0) is 16.2. The highest BCUT2D eigenvalue weighted by Crippen LogP contribution is 2.21. The SMILES string of the molecule is CC1CCCN(C(=O)CNc2ccccc2C(=O)NC2CC2)C1. The first-order chi connectivity index (χ1) is 11.1. The van der Waals surface area contributed by atoms with Crippen molar-refractivity contribution in [2.75, 3.05) is 25.0 Å². The van der Waals surface area contributed by atoms with E-state index in [4.69, 9.17) is 0 Å². The lowest BCUT2D eigenvalue weighted by molar-refractivity contribution is -0.130. The predicted octanol–water partition coefficient (Wildman–Crippen LogP) is 2.25. The first kappa shape index (κ1) is 15.8. The summed E-state index contributed by atoms with van der Waals surface area (Å²) in [6.45, 7) is 4.10. The van der Waals surface area contributed by atoms with E-state index < -0.39 is 0 Å². The summed E-state index contributed by atoms with van der Waals surface area (Å²) >= 11 is 0. The molecule has 2 N–H and O–H groups in total. The molecule has 2 amide bonds. The molecule has 1 heterocycles. The number of piperidine rings is 1. The van der Waals surface area contributed by atoms with Crippen molar-refractivity contribution in [3.8, 4) is 0 Å². The monoisotopic (exact) mass is 315 g/mol. The van der Waals surface area contributed by atoms with E-state index in [0.29, 0.717) is 17.5 Å². The fraction of sp³-hybridized carbons (Fsp3) is 0.556. The summed E-state index contributed by atoms with van der Waals surface area (Å²) in [4.78, 5) is 26.5. The molecule has 23 heavy (non-hydrogen) atoms. The molecule has 2 aliphatic rings. The topological polar surface area (TPSA) is 61.4 Å². The molecular formula is C18H25N3O2. The van der Waals surface area contributed by atoms with E-state index in [1.165, 1.54) is 6.42 Å². The molecule has 1 aromatic carbocycles. The quantitative estimate of drug-likeness (QED) is 0.876. The van der Waals surface area contributed by atoms with E-state index in [9.17, 15) is 9.59 Å². The van der Waals surface area contributed by atoms with Gasteiger partial charge in [-0.05, 0) is 43.7 Å². The van der Waals surface area contributed by atoms with Crippen LogP contribution >= 0.6 is 0 Å². The lowest BCUT2D eigenvalue weighted by atomic mass is 10.0. The van der Waals surface area contributed by atoms with Gasteiger partial charge in [-0.3, -0.25) is 9.59 Å². The van der Waals surface area contributed by atoms with E-state index in [1.54, 1.807) is 6.07 Å². The van der Waals surface area contributed by atoms with Crippen LogP contribution in [0.1, 0.15) is 43.0 Å². The molecule has 2 fully saturated rings. The van der Waals surface area contributed by atoms with Crippen LogP contribution in [0.2, 0.25) is 0 Å². The highest BCUT2D eigenvalue weighted by atomic mass is 16.2. The third kappa shape index (κ3) is 4.24. The molecule has 0 aromatic heterocycles. The Bertz CT molecular complexity index is 583. The Morgan fingerprint density at radius 2 is 2.00 bits per heavy atom. The van der Waals surface area contributed by atoms with Gasteiger partial charge in [0.2, 0.25) is 5.91 Å². The number of para-hydroxylation sites is 1. The van der Waals surface area contributed by atoms with Crippen molar-refractivity contribution in [1.82, 2.24) is 10.2 Å². The zero-order valence-corrected chi connectivity index (χ0v) is 13.7. The van der Waals surface area contributed by atoms with Gasteiger partial charge in [0.05, 0.1) is 12.1 Å². The third-order valence-corrected chi connectivity index (χ3v) is 4.52. The average molecular weight is 315 g/mol. The van der Waals surface area contributed by atoms with Crippen molar-refractivity contribution in [2.24, 2.45) is 5.92 Å². The van der Waals surface area contributed by atoms with E-state index in [1.807, 2.05) is 23.1 Å². The number of nitrogens with zero attached hydrogens (tertiary/aromatic N) is 1. The first-order valence-electron chi connectivity index (χ1n) is 8.55. The fourth-order valence-corrected chi connectivity index (χ4v) is 3.02. The van der Waals surface area contributed by atoms with Gasteiger partial charge in [0.1, 0.15) is 0 Å². The molecule has 1 aliphatic heterocycles. The number of likely N-dealkylation sites (tertiary alicyclic amines) is 1. The second-order valence-corrected chi connectivity index (χ2v) is 6.73. The Morgan fingerprint density at radius 1 is 1.22 bits per heavy atom. The van der Waals surface area contributed by atoms with Gasteiger partial charge in [-0.1, -0.05) is 19.1 Å². The summed E-state index contributed by atoms with van der Waals surface area (Å²) in [6.07, 6.45) is 4.40. The molecule has 3 rings (SSSR count). The maximum atomic E-state index is 12.3. The van der Waals surface area contributed by atoms with Gasteiger partial charge in [0.15, 0.2) is 0 Å². The maximum Gasteiger partial charge on any atom is 0.253 e. The van der Waals surface area contributed by atoms with Crippen LogP contribution in [0.25, 0.3) is 0 Å².